The largest absolute Gasteiger partial charge is 0.378 e. The molecule has 2 aliphatic rings. The Bertz CT molecular complexity index is 464. The van der Waals surface area contributed by atoms with Crippen LogP contribution in [-0.2, 0) is 16.7 Å². The molecule has 112 valence electrons. The van der Waals surface area contributed by atoms with Crippen molar-refractivity contribution in [3.63, 3.8) is 0 Å². The Labute approximate surface area is 120 Å². The zero-order chi connectivity index (χ0) is 14.2. The zero-order valence-electron chi connectivity index (χ0n) is 12.5. The van der Waals surface area contributed by atoms with Crippen molar-refractivity contribution in [3.8, 4) is 0 Å². The third-order valence-electron chi connectivity index (χ3n) is 5.12. The minimum atomic E-state index is -0.404. The number of methoxy groups -OCH3 is 1. The Hall–Kier alpha value is -0.940. The Morgan fingerprint density at radius 1 is 1.35 bits per heavy atom. The number of hydrogen-bond acceptors (Lipinski definition) is 5. The van der Waals surface area contributed by atoms with E-state index in [-0.39, 0.29) is 5.60 Å². The van der Waals surface area contributed by atoms with E-state index in [2.05, 4.69) is 17.1 Å². The maximum Gasteiger partial charge on any atom is 0.229 e. The Morgan fingerprint density at radius 2 is 2.15 bits per heavy atom. The molecular weight excluding hydrogens is 254 g/mol. The van der Waals surface area contributed by atoms with Crippen molar-refractivity contribution in [3.05, 3.63) is 11.7 Å². The molecule has 0 aromatic carbocycles. The average Bonchev–Trinajstić information content (AvgIpc) is 2.83. The van der Waals surface area contributed by atoms with E-state index >= 15 is 0 Å². The molecule has 2 fully saturated rings. The van der Waals surface area contributed by atoms with E-state index in [1.165, 1.54) is 12.8 Å². The molecule has 5 heteroatoms. The molecule has 3 rings (SSSR count). The van der Waals surface area contributed by atoms with Crippen LogP contribution < -0.4 is 5.73 Å². The molecule has 1 aromatic heterocycles. The summed E-state index contributed by atoms with van der Waals surface area (Å²) in [6.45, 7) is 2.25. The van der Waals surface area contributed by atoms with Crippen molar-refractivity contribution >= 4 is 0 Å². The minimum Gasteiger partial charge on any atom is -0.378 e. The van der Waals surface area contributed by atoms with Gasteiger partial charge in [0.1, 0.15) is 0 Å². The van der Waals surface area contributed by atoms with Crippen LogP contribution >= 0.6 is 0 Å². The predicted octanol–water partition coefficient (Wildman–Crippen LogP) is 2.55. The first-order valence-electron chi connectivity index (χ1n) is 7.72. The average molecular weight is 279 g/mol. The summed E-state index contributed by atoms with van der Waals surface area (Å²) < 4.78 is 11.0. The van der Waals surface area contributed by atoms with E-state index < -0.39 is 5.54 Å². The molecule has 0 spiro atoms. The zero-order valence-corrected chi connectivity index (χ0v) is 12.5. The smallest absolute Gasteiger partial charge is 0.229 e. The lowest BCUT2D eigenvalue weighted by atomic mass is 9.76. The van der Waals surface area contributed by atoms with E-state index in [4.69, 9.17) is 15.0 Å². The number of ether oxygens (including phenoxy) is 1. The third kappa shape index (κ3) is 2.49. The maximum absolute atomic E-state index is 6.51. The highest BCUT2D eigenvalue weighted by atomic mass is 16.5. The van der Waals surface area contributed by atoms with Gasteiger partial charge in [0.05, 0.1) is 17.6 Å². The molecule has 2 atom stereocenters. The van der Waals surface area contributed by atoms with Crippen molar-refractivity contribution in [1.82, 2.24) is 10.1 Å². The minimum absolute atomic E-state index is 0.0780. The van der Waals surface area contributed by atoms with Crippen LogP contribution in [0.1, 0.15) is 63.6 Å². The number of nitrogens with two attached hydrogens (primary N) is 1. The summed E-state index contributed by atoms with van der Waals surface area (Å²) in [5.74, 6) is 1.99. The van der Waals surface area contributed by atoms with Crippen LogP contribution in [0, 0.1) is 5.92 Å². The Balaban J connectivity index is 1.73. The van der Waals surface area contributed by atoms with Gasteiger partial charge in [0.2, 0.25) is 5.89 Å². The summed E-state index contributed by atoms with van der Waals surface area (Å²) in [4.78, 5) is 4.57. The Morgan fingerprint density at radius 3 is 2.75 bits per heavy atom. The van der Waals surface area contributed by atoms with Crippen LogP contribution in [0.2, 0.25) is 0 Å². The van der Waals surface area contributed by atoms with Crippen LogP contribution in [0.15, 0.2) is 4.52 Å². The van der Waals surface area contributed by atoms with Crippen LogP contribution in [0.5, 0.6) is 0 Å². The van der Waals surface area contributed by atoms with Crippen molar-refractivity contribution in [1.29, 1.82) is 0 Å². The van der Waals surface area contributed by atoms with E-state index in [9.17, 15) is 0 Å². The van der Waals surface area contributed by atoms with Gasteiger partial charge < -0.3 is 15.0 Å². The molecule has 0 bridgehead atoms. The Kier molecular flexibility index (Phi) is 3.58. The second kappa shape index (κ2) is 5.11. The highest BCUT2D eigenvalue weighted by Crippen LogP contribution is 2.39. The second-order valence-electron chi connectivity index (χ2n) is 6.79. The SMILES string of the molecule is COC1(Cc2nc(C3(N)CCCC(C)C3)no2)CCC1. The summed E-state index contributed by atoms with van der Waals surface area (Å²) >= 11 is 0. The van der Waals surface area contributed by atoms with Gasteiger partial charge in [-0.2, -0.15) is 4.98 Å². The van der Waals surface area contributed by atoms with E-state index in [0.29, 0.717) is 24.1 Å². The first-order valence-corrected chi connectivity index (χ1v) is 7.72. The number of nitrogens with zero attached hydrogens (tertiary/aromatic N) is 2. The first kappa shape index (κ1) is 14.0. The molecular formula is C15H25N3O2. The molecule has 20 heavy (non-hydrogen) atoms. The van der Waals surface area contributed by atoms with Gasteiger partial charge in [-0.15, -0.1) is 0 Å². The molecule has 2 N–H and O–H groups in total. The lowest BCUT2D eigenvalue weighted by Crippen LogP contribution is -2.42. The molecule has 2 unspecified atom stereocenters. The van der Waals surface area contributed by atoms with Crippen LogP contribution in [0.25, 0.3) is 0 Å². The fourth-order valence-corrected chi connectivity index (χ4v) is 3.62. The van der Waals surface area contributed by atoms with Gasteiger partial charge in [-0.25, -0.2) is 0 Å². The lowest BCUT2D eigenvalue weighted by Gasteiger charge is -2.39. The summed E-state index contributed by atoms with van der Waals surface area (Å²) in [5, 5.41) is 4.16. The maximum atomic E-state index is 6.51. The van der Waals surface area contributed by atoms with Gasteiger partial charge in [-0.1, -0.05) is 24.9 Å². The normalized spacial score (nSPS) is 32.9. The molecule has 1 aromatic rings. The third-order valence-corrected chi connectivity index (χ3v) is 5.12. The lowest BCUT2D eigenvalue weighted by molar-refractivity contribution is -0.0751. The van der Waals surface area contributed by atoms with Gasteiger partial charge >= 0.3 is 0 Å². The number of aromatic nitrogens is 2. The molecule has 5 nitrogen and oxygen atoms in total. The topological polar surface area (TPSA) is 74.2 Å². The van der Waals surface area contributed by atoms with Gasteiger partial charge in [-0.3, -0.25) is 0 Å². The monoisotopic (exact) mass is 279 g/mol. The van der Waals surface area contributed by atoms with E-state index in [1.54, 1.807) is 7.11 Å². The van der Waals surface area contributed by atoms with Crippen molar-refractivity contribution in [2.75, 3.05) is 7.11 Å². The molecule has 0 saturated heterocycles. The summed E-state index contributed by atoms with van der Waals surface area (Å²) in [5.41, 5.74) is 6.03. The standard InChI is InChI=1S/C15H25N3O2/c1-11-5-3-8-15(16,9-11)13-17-12(20-18-13)10-14(19-2)6-4-7-14/h11H,3-10,16H2,1-2H3. The number of rotatable bonds is 4. The van der Waals surface area contributed by atoms with E-state index in [0.717, 1.165) is 32.1 Å². The summed E-state index contributed by atoms with van der Waals surface area (Å²) in [7, 11) is 1.77. The quantitative estimate of drug-likeness (QED) is 0.916. The van der Waals surface area contributed by atoms with Crippen LogP contribution in [0.3, 0.4) is 0 Å². The van der Waals surface area contributed by atoms with Gasteiger partial charge in [0, 0.05) is 7.11 Å². The van der Waals surface area contributed by atoms with Crippen LogP contribution in [0.4, 0.5) is 0 Å². The highest BCUT2D eigenvalue weighted by molar-refractivity contribution is 5.08. The van der Waals surface area contributed by atoms with Gasteiger partial charge in [0.25, 0.3) is 0 Å². The predicted molar refractivity (Wildman–Crippen MR) is 75.1 cm³/mol. The van der Waals surface area contributed by atoms with Gasteiger partial charge in [0.15, 0.2) is 5.82 Å². The van der Waals surface area contributed by atoms with Crippen molar-refractivity contribution in [2.24, 2.45) is 11.7 Å². The van der Waals surface area contributed by atoms with Crippen molar-refractivity contribution < 1.29 is 9.26 Å². The van der Waals surface area contributed by atoms with Crippen LogP contribution in [-0.4, -0.2) is 22.9 Å². The fourth-order valence-electron chi connectivity index (χ4n) is 3.62. The molecule has 0 radical (unpaired) electrons. The summed E-state index contributed by atoms with van der Waals surface area (Å²) in [6.07, 6.45) is 8.36. The van der Waals surface area contributed by atoms with E-state index in [1.807, 2.05) is 0 Å². The highest BCUT2D eigenvalue weighted by Gasteiger charge is 2.41. The summed E-state index contributed by atoms with van der Waals surface area (Å²) in [6, 6.07) is 0. The molecule has 1 heterocycles. The fraction of sp³-hybridized carbons (Fsp3) is 0.867. The van der Waals surface area contributed by atoms with Gasteiger partial charge in [-0.05, 0) is 38.0 Å². The molecule has 0 aliphatic heterocycles. The second-order valence-corrected chi connectivity index (χ2v) is 6.79. The van der Waals surface area contributed by atoms with Crippen molar-refractivity contribution in [2.45, 2.75) is 69.4 Å². The number of hydrogen-bond donors (Lipinski definition) is 1. The molecule has 2 saturated carbocycles. The molecule has 0 amide bonds. The molecule has 2 aliphatic carbocycles. The first-order chi connectivity index (χ1) is 9.55.